The van der Waals surface area contributed by atoms with Crippen molar-refractivity contribution in [2.75, 3.05) is 0 Å². The third-order valence-corrected chi connectivity index (χ3v) is 4.53. The summed E-state index contributed by atoms with van der Waals surface area (Å²) in [6.45, 7) is 4.33. The van der Waals surface area contributed by atoms with Crippen LogP contribution >= 0.6 is 27.7 Å². The number of halogens is 1. The SMILES string of the molecule is CC(C)c1ccc(Sc2nc[nH]c(=O)c2Br)cc1. The van der Waals surface area contributed by atoms with Crippen molar-refractivity contribution in [3.63, 3.8) is 0 Å². The lowest BCUT2D eigenvalue weighted by Gasteiger charge is -2.06. The first-order valence-corrected chi connectivity index (χ1v) is 7.20. The van der Waals surface area contributed by atoms with E-state index in [0.29, 0.717) is 15.4 Å². The summed E-state index contributed by atoms with van der Waals surface area (Å²) in [7, 11) is 0. The Hall–Kier alpha value is -1.07. The number of nitrogens with one attached hydrogen (secondary N) is 1. The summed E-state index contributed by atoms with van der Waals surface area (Å²) in [4.78, 5) is 19.2. The van der Waals surface area contributed by atoms with Crippen LogP contribution in [-0.4, -0.2) is 9.97 Å². The number of benzene rings is 1. The van der Waals surface area contributed by atoms with Gasteiger partial charge < -0.3 is 4.98 Å². The molecular weight excluding hydrogens is 312 g/mol. The summed E-state index contributed by atoms with van der Waals surface area (Å²) >= 11 is 4.72. The van der Waals surface area contributed by atoms with E-state index in [1.54, 1.807) is 0 Å². The lowest BCUT2D eigenvalue weighted by Crippen LogP contribution is -2.07. The van der Waals surface area contributed by atoms with Gasteiger partial charge in [0.25, 0.3) is 5.56 Å². The number of nitrogens with zero attached hydrogens (tertiary/aromatic N) is 1. The second kappa shape index (κ2) is 5.71. The van der Waals surface area contributed by atoms with Gasteiger partial charge in [-0.05, 0) is 39.5 Å². The van der Waals surface area contributed by atoms with E-state index in [-0.39, 0.29) is 5.56 Å². The molecule has 0 unspecified atom stereocenters. The third-order valence-electron chi connectivity index (χ3n) is 2.53. The van der Waals surface area contributed by atoms with Crippen LogP contribution in [0.2, 0.25) is 0 Å². The van der Waals surface area contributed by atoms with Crippen molar-refractivity contribution < 1.29 is 0 Å². The van der Waals surface area contributed by atoms with Crippen molar-refractivity contribution in [1.82, 2.24) is 9.97 Å². The molecule has 0 atom stereocenters. The number of aromatic amines is 1. The number of aromatic nitrogens is 2. The Labute approximate surface area is 118 Å². The zero-order chi connectivity index (χ0) is 13.1. The average molecular weight is 325 g/mol. The maximum atomic E-state index is 11.4. The zero-order valence-corrected chi connectivity index (χ0v) is 12.5. The molecule has 0 fully saturated rings. The van der Waals surface area contributed by atoms with Crippen LogP contribution in [0, 0.1) is 0 Å². The van der Waals surface area contributed by atoms with E-state index >= 15 is 0 Å². The lowest BCUT2D eigenvalue weighted by atomic mass is 10.0. The van der Waals surface area contributed by atoms with Crippen LogP contribution in [0.25, 0.3) is 0 Å². The molecule has 5 heteroatoms. The highest BCUT2D eigenvalue weighted by molar-refractivity contribution is 9.10. The lowest BCUT2D eigenvalue weighted by molar-refractivity contribution is 0.865. The minimum absolute atomic E-state index is 0.161. The normalized spacial score (nSPS) is 10.9. The average Bonchev–Trinajstić information content (AvgIpc) is 2.36. The van der Waals surface area contributed by atoms with Gasteiger partial charge in [-0.25, -0.2) is 4.98 Å². The van der Waals surface area contributed by atoms with Gasteiger partial charge in [-0.1, -0.05) is 37.7 Å². The predicted molar refractivity (Wildman–Crippen MR) is 77.2 cm³/mol. The summed E-state index contributed by atoms with van der Waals surface area (Å²) < 4.78 is 0.475. The highest BCUT2D eigenvalue weighted by Crippen LogP contribution is 2.30. The largest absolute Gasteiger partial charge is 0.312 e. The summed E-state index contributed by atoms with van der Waals surface area (Å²) in [5, 5.41) is 0.677. The third kappa shape index (κ3) is 3.03. The van der Waals surface area contributed by atoms with Gasteiger partial charge in [-0.3, -0.25) is 4.79 Å². The van der Waals surface area contributed by atoms with Gasteiger partial charge in [0, 0.05) is 4.90 Å². The fourth-order valence-corrected chi connectivity index (χ4v) is 2.71. The van der Waals surface area contributed by atoms with Gasteiger partial charge in [-0.15, -0.1) is 0 Å². The van der Waals surface area contributed by atoms with E-state index in [2.05, 4.69) is 64.0 Å². The molecule has 0 saturated carbocycles. The van der Waals surface area contributed by atoms with Gasteiger partial charge in [0.05, 0.1) is 6.33 Å². The Morgan fingerprint density at radius 3 is 2.56 bits per heavy atom. The highest BCUT2D eigenvalue weighted by atomic mass is 79.9. The van der Waals surface area contributed by atoms with E-state index in [4.69, 9.17) is 0 Å². The quantitative estimate of drug-likeness (QED) is 0.873. The number of H-pyrrole nitrogens is 1. The van der Waals surface area contributed by atoms with E-state index in [9.17, 15) is 4.79 Å². The van der Waals surface area contributed by atoms with Gasteiger partial charge in [0.1, 0.15) is 9.50 Å². The van der Waals surface area contributed by atoms with E-state index in [0.717, 1.165) is 4.90 Å². The van der Waals surface area contributed by atoms with Crippen LogP contribution in [0.15, 0.2) is 49.8 Å². The molecule has 94 valence electrons. The number of hydrogen-bond donors (Lipinski definition) is 1. The Kier molecular flexibility index (Phi) is 4.24. The summed E-state index contributed by atoms with van der Waals surface area (Å²) in [6.07, 6.45) is 1.41. The summed E-state index contributed by atoms with van der Waals surface area (Å²) in [5.41, 5.74) is 1.14. The van der Waals surface area contributed by atoms with Crippen molar-refractivity contribution >= 4 is 27.7 Å². The minimum Gasteiger partial charge on any atom is -0.312 e. The first-order chi connectivity index (χ1) is 8.58. The van der Waals surface area contributed by atoms with Gasteiger partial charge in [0.2, 0.25) is 0 Å². The van der Waals surface area contributed by atoms with Gasteiger partial charge in [0.15, 0.2) is 0 Å². The molecule has 2 aromatic rings. The molecule has 0 bridgehead atoms. The maximum Gasteiger partial charge on any atom is 0.266 e. The summed E-state index contributed by atoms with van der Waals surface area (Å²) in [6, 6.07) is 8.31. The van der Waals surface area contributed by atoms with Crippen molar-refractivity contribution in [3.05, 3.63) is 51.0 Å². The molecular formula is C13H13BrN2OS. The summed E-state index contributed by atoms with van der Waals surface area (Å²) in [5.74, 6) is 0.522. The second-order valence-corrected chi connectivity index (χ2v) is 6.03. The molecule has 0 radical (unpaired) electrons. The molecule has 0 spiro atoms. The zero-order valence-electron chi connectivity index (χ0n) is 10.1. The molecule has 1 aromatic carbocycles. The van der Waals surface area contributed by atoms with Crippen LogP contribution in [0.3, 0.4) is 0 Å². The van der Waals surface area contributed by atoms with Crippen molar-refractivity contribution in [2.24, 2.45) is 0 Å². The number of rotatable bonds is 3. The van der Waals surface area contributed by atoms with Gasteiger partial charge in [-0.2, -0.15) is 0 Å². The van der Waals surface area contributed by atoms with Crippen LogP contribution in [0.4, 0.5) is 0 Å². The Balaban J connectivity index is 2.24. The molecule has 1 heterocycles. The predicted octanol–water partition coefficient (Wildman–Crippen LogP) is 3.81. The molecule has 1 aromatic heterocycles. The van der Waals surface area contributed by atoms with Crippen LogP contribution < -0.4 is 5.56 Å². The molecule has 18 heavy (non-hydrogen) atoms. The smallest absolute Gasteiger partial charge is 0.266 e. The van der Waals surface area contributed by atoms with E-state index < -0.39 is 0 Å². The first kappa shape index (κ1) is 13.4. The topological polar surface area (TPSA) is 45.8 Å². The highest BCUT2D eigenvalue weighted by Gasteiger charge is 2.07. The Morgan fingerprint density at radius 1 is 1.28 bits per heavy atom. The van der Waals surface area contributed by atoms with Gasteiger partial charge >= 0.3 is 0 Å². The Morgan fingerprint density at radius 2 is 1.94 bits per heavy atom. The fourth-order valence-electron chi connectivity index (χ4n) is 1.47. The molecule has 3 nitrogen and oxygen atoms in total. The molecule has 0 saturated heterocycles. The number of hydrogen-bond acceptors (Lipinski definition) is 3. The fraction of sp³-hybridized carbons (Fsp3) is 0.231. The van der Waals surface area contributed by atoms with E-state index in [1.165, 1.54) is 23.7 Å². The second-order valence-electron chi connectivity index (χ2n) is 4.18. The molecule has 0 aliphatic rings. The molecule has 1 N–H and O–H groups in total. The van der Waals surface area contributed by atoms with Crippen molar-refractivity contribution in [3.8, 4) is 0 Å². The maximum absolute atomic E-state index is 11.4. The molecule has 0 aliphatic heterocycles. The molecule has 2 rings (SSSR count). The Bertz CT molecular complexity index is 593. The van der Waals surface area contributed by atoms with Crippen molar-refractivity contribution in [2.45, 2.75) is 29.7 Å². The minimum atomic E-state index is -0.161. The van der Waals surface area contributed by atoms with Crippen LogP contribution in [0.1, 0.15) is 25.3 Å². The standard InChI is InChI=1S/C13H13BrN2OS/c1-8(2)9-3-5-10(6-4-9)18-13-11(14)12(17)15-7-16-13/h3-8H,1-2H3,(H,15,16,17). The molecule has 0 amide bonds. The van der Waals surface area contributed by atoms with Crippen LogP contribution in [-0.2, 0) is 0 Å². The van der Waals surface area contributed by atoms with Crippen LogP contribution in [0.5, 0.6) is 0 Å². The van der Waals surface area contributed by atoms with Crippen molar-refractivity contribution in [1.29, 1.82) is 0 Å². The first-order valence-electron chi connectivity index (χ1n) is 5.59. The monoisotopic (exact) mass is 324 g/mol. The van der Waals surface area contributed by atoms with E-state index in [1.807, 2.05) is 0 Å². The molecule has 0 aliphatic carbocycles.